The molecule has 0 aliphatic rings. The highest BCUT2D eigenvalue weighted by atomic mass is 19.4. The summed E-state index contributed by atoms with van der Waals surface area (Å²) in [6, 6.07) is 21.4. The van der Waals surface area contributed by atoms with Gasteiger partial charge in [-0.15, -0.1) is 0 Å². The quantitative estimate of drug-likeness (QED) is 0.217. The highest BCUT2D eigenvalue weighted by Crippen LogP contribution is 2.34. The van der Waals surface area contributed by atoms with Crippen molar-refractivity contribution < 1.29 is 22.7 Å². The van der Waals surface area contributed by atoms with Gasteiger partial charge in [-0.05, 0) is 60.8 Å². The molecule has 9 heteroatoms. The van der Waals surface area contributed by atoms with Crippen LogP contribution in [-0.4, -0.2) is 40.6 Å². The number of rotatable bonds is 11. The third-order valence-corrected chi connectivity index (χ3v) is 6.92. The average Bonchev–Trinajstić information content (AvgIpc) is 3.37. The number of hydrogen-bond donors (Lipinski definition) is 1. The number of amides is 1. The van der Waals surface area contributed by atoms with Gasteiger partial charge in [-0.3, -0.25) is 4.79 Å². The van der Waals surface area contributed by atoms with E-state index in [9.17, 15) is 18.0 Å². The molecule has 0 spiro atoms. The molecule has 0 saturated carbocycles. The zero-order valence-corrected chi connectivity index (χ0v) is 23.4. The van der Waals surface area contributed by atoms with Crippen LogP contribution in [0.25, 0.3) is 11.3 Å². The van der Waals surface area contributed by atoms with Gasteiger partial charge in [-0.25, -0.2) is 4.98 Å². The summed E-state index contributed by atoms with van der Waals surface area (Å²) in [6.45, 7) is 5.22. The molecule has 6 nitrogen and oxygen atoms in total. The van der Waals surface area contributed by atoms with E-state index < -0.39 is 17.8 Å². The first kappa shape index (κ1) is 29.9. The van der Waals surface area contributed by atoms with Crippen molar-refractivity contribution in [3.8, 4) is 17.0 Å². The van der Waals surface area contributed by atoms with Crippen LogP contribution in [-0.2, 0) is 12.7 Å². The van der Waals surface area contributed by atoms with E-state index in [1.807, 2.05) is 79.2 Å². The van der Waals surface area contributed by atoms with Gasteiger partial charge in [0.2, 0.25) is 0 Å². The number of halogens is 3. The Kier molecular flexibility index (Phi) is 9.50. The smallest absolute Gasteiger partial charge is 0.416 e. The van der Waals surface area contributed by atoms with Crippen LogP contribution in [0.2, 0.25) is 0 Å². The minimum Gasteiger partial charge on any atom is -0.497 e. The minimum absolute atomic E-state index is 0.0683. The van der Waals surface area contributed by atoms with Crippen molar-refractivity contribution >= 4 is 5.91 Å². The summed E-state index contributed by atoms with van der Waals surface area (Å²) in [4.78, 5) is 20.7. The van der Waals surface area contributed by atoms with Gasteiger partial charge >= 0.3 is 6.18 Å². The summed E-state index contributed by atoms with van der Waals surface area (Å²) >= 11 is 0. The summed E-state index contributed by atoms with van der Waals surface area (Å²) in [5.41, 5.74) is 7.87. The van der Waals surface area contributed by atoms with Crippen LogP contribution in [0.5, 0.6) is 5.75 Å². The van der Waals surface area contributed by atoms with Crippen molar-refractivity contribution in [3.05, 3.63) is 108 Å². The highest BCUT2D eigenvalue weighted by molar-refractivity contribution is 5.94. The van der Waals surface area contributed by atoms with Crippen LogP contribution in [0.3, 0.4) is 0 Å². The number of nitrogens with zero attached hydrogens (tertiary/aromatic N) is 3. The predicted molar refractivity (Wildman–Crippen MR) is 153 cm³/mol. The van der Waals surface area contributed by atoms with Gasteiger partial charge in [0.1, 0.15) is 11.6 Å². The van der Waals surface area contributed by atoms with E-state index in [0.717, 1.165) is 29.0 Å². The van der Waals surface area contributed by atoms with Crippen molar-refractivity contribution in [2.24, 2.45) is 11.7 Å². The SMILES string of the molecule is COc1cccc(-c2cn(Cc3ccccc3)c([C@@H](C(C)C)N(CCCN)C(=O)c3ccc(C(F)(F)F)cc3)n2)c1. The van der Waals surface area contributed by atoms with Crippen molar-refractivity contribution in [3.63, 3.8) is 0 Å². The Morgan fingerprint density at radius 2 is 1.73 bits per heavy atom. The number of imidazole rings is 1. The molecular formula is C32H35F3N4O2. The van der Waals surface area contributed by atoms with Gasteiger partial charge in [0.15, 0.2) is 0 Å². The van der Waals surface area contributed by atoms with Gasteiger partial charge in [0, 0.05) is 30.4 Å². The third-order valence-electron chi connectivity index (χ3n) is 6.92. The Morgan fingerprint density at radius 1 is 1.02 bits per heavy atom. The molecule has 3 aromatic carbocycles. The Labute approximate surface area is 238 Å². The molecule has 0 aliphatic heterocycles. The number of carbonyl (C=O) groups excluding carboxylic acids is 1. The van der Waals surface area contributed by atoms with E-state index in [4.69, 9.17) is 15.5 Å². The average molecular weight is 565 g/mol. The van der Waals surface area contributed by atoms with E-state index in [1.165, 1.54) is 12.1 Å². The van der Waals surface area contributed by atoms with Crippen molar-refractivity contribution in [1.82, 2.24) is 14.5 Å². The number of hydrogen-bond acceptors (Lipinski definition) is 4. The van der Waals surface area contributed by atoms with Gasteiger partial charge in [0.25, 0.3) is 5.91 Å². The molecule has 0 saturated heterocycles. The Bertz CT molecular complexity index is 1430. The number of ether oxygens (including phenoxy) is 1. The topological polar surface area (TPSA) is 73.4 Å². The number of methoxy groups -OCH3 is 1. The zero-order chi connectivity index (χ0) is 29.6. The monoisotopic (exact) mass is 564 g/mol. The Morgan fingerprint density at radius 3 is 2.34 bits per heavy atom. The molecule has 216 valence electrons. The Hall–Kier alpha value is -4.11. The second-order valence-corrected chi connectivity index (χ2v) is 10.2. The summed E-state index contributed by atoms with van der Waals surface area (Å²) in [6.07, 6.45) is -1.99. The summed E-state index contributed by atoms with van der Waals surface area (Å²) < 4.78 is 47.0. The predicted octanol–water partition coefficient (Wildman–Crippen LogP) is 6.81. The first-order valence-electron chi connectivity index (χ1n) is 13.6. The molecule has 1 aromatic heterocycles. The van der Waals surface area contributed by atoms with E-state index in [1.54, 1.807) is 12.0 Å². The van der Waals surface area contributed by atoms with Crippen molar-refractivity contribution in [1.29, 1.82) is 0 Å². The van der Waals surface area contributed by atoms with E-state index in [-0.39, 0.29) is 17.4 Å². The van der Waals surface area contributed by atoms with Crippen LogP contribution in [0, 0.1) is 5.92 Å². The van der Waals surface area contributed by atoms with Crippen LogP contribution in [0.15, 0.2) is 85.1 Å². The van der Waals surface area contributed by atoms with Gasteiger partial charge in [-0.2, -0.15) is 13.2 Å². The number of alkyl halides is 3. The molecule has 0 aliphatic carbocycles. The molecule has 4 aromatic rings. The van der Waals surface area contributed by atoms with E-state index >= 15 is 0 Å². The number of carbonyl (C=O) groups is 1. The number of benzene rings is 3. The fourth-order valence-corrected chi connectivity index (χ4v) is 4.89. The molecule has 4 rings (SSSR count). The molecule has 0 fully saturated rings. The van der Waals surface area contributed by atoms with Gasteiger partial charge < -0.3 is 19.9 Å². The first-order valence-corrected chi connectivity index (χ1v) is 13.6. The van der Waals surface area contributed by atoms with Crippen molar-refractivity contribution in [2.75, 3.05) is 20.2 Å². The zero-order valence-electron chi connectivity index (χ0n) is 23.4. The molecule has 1 heterocycles. The van der Waals surface area contributed by atoms with Crippen molar-refractivity contribution in [2.45, 2.75) is 39.0 Å². The lowest BCUT2D eigenvalue weighted by molar-refractivity contribution is -0.137. The molecule has 1 amide bonds. The maximum atomic E-state index is 13.9. The molecule has 0 bridgehead atoms. The molecule has 0 radical (unpaired) electrons. The number of aromatic nitrogens is 2. The minimum atomic E-state index is -4.49. The Balaban J connectivity index is 1.81. The summed E-state index contributed by atoms with van der Waals surface area (Å²) in [5, 5.41) is 0. The first-order chi connectivity index (χ1) is 19.6. The fourth-order valence-electron chi connectivity index (χ4n) is 4.89. The maximum Gasteiger partial charge on any atom is 0.416 e. The van der Waals surface area contributed by atoms with Gasteiger partial charge in [0.05, 0.1) is 24.4 Å². The lowest BCUT2D eigenvalue weighted by atomic mass is 9.99. The van der Waals surface area contributed by atoms with Crippen LogP contribution >= 0.6 is 0 Å². The molecular weight excluding hydrogens is 529 g/mol. The normalized spacial score (nSPS) is 12.4. The summed E-state index contributed by atoms with van der Waals surface area (Å²) in [5.74, 6) is 0.937. The second-order valence-electron chi connectivity index (χ2n) is 10.2. The second kappa shape index (κ2) is 13.0. The van der Waals surface area contributed by atoms with Gasteiger partial charge in [-0.1, -0.05) is 56.3 Å². The lowest BCUT2D eigenvalue weighted by Gasteiger charge is -2.34. The fraction of sp³-hybridized carbons (Fsp3) is 0.312. The van der Waals surface area contributed by atoms with E-state index in [2.05, 4.69) is 0 Å². The third kappa shape index (κ3) is 7.16. The maximum absolute atomic E-state index is 13.9. The number of nitrogens with two attached hydrogens (primary N) is 1. The molecule has 1 atom stereocenters. The molecule has 0 unspecified atom stereocenters. The van der Waals surface area contributed by atoms with Crippen LogP contribution < -0.4 is 10.5 Å². The highest BCUT2D eigenvalue weighted by Gasteiger charge is 2.34. The largest absolute Gasteiger partial charge is 0.497 e. The summed E-state index contributed by atoms with van der Waals surface area (Å²) in [7, 11) is 1.61. The standard InChI is InChI=1S/C32H35F3N4O2/c1-22(2)29(39(18-8-17-36)31(40)24-13-15-26(16-14-24)32(33,34)35)30-37-28(25-11-7-12-27(19-25)41-3)21-38(30)20-23-9-5-4-6-10-23/h4-7,9-16,19,21-22,29H,8,17-18,20,36H2,1-3H3/t29-/m1/s1. The molecule has 2 N–H and O–H groups in total. The lowest BCUT2D eigenvalue weighted by Crippen LogP contribution is -2.40. The molecule has 41 heavy (non-hydrogen) atoms. The van der Waals surface area contributed by atoms with Crippen LogP contribution in [0.4, 0.5) is 13.2 Å². The van der Waals surface area contributed by atoms with Crippen LogP contribution in [0.1, 0.15) is 53.6 Å². The van der Waals surface area contributed by atoms with E-state index in [0.29, 0.717) is 37.6 Å².